The highest BCUT2D eigenvalue weighted by molar-refractivity contribution is 6.33. The molecular weight excluding hydrogens is 291 g/mol. The lowest BCUT2D eigenvalue weighted by atomic mass is 9.93. The molecule has 1 unspecified atom stereocenters. The Morgan fingerprint density at radius 1 is 1.38 bits per heavy atom. The van der Waals surface area contributed by atoms with E-state index >= 15 is 0 Å². The summed E-state index contributed by atoms with van der Waals surface area (Å²) in [7, 11) is 0. The van der Waals surface area contributed by atoms with E-state index in [1.54, 1.807) is 23.1 Å². The molecule has 1 aliphatic rings. The number of hydrogen-bond donors (Lipinski definition) is 0. The van der Waals surface area contributed by atoms with Gasteiger partial charge in [-0.3, -0.25) is 4.79 Å². The van der Waals surface area contributed by atoms with E-state index in [0.717, 1.165) is 5.56 Å². The lowest BCUT2D eigenvalue weighted by Gasteiger charge is -2.35. The monoisotopic (exact) mass is 304 g/mol. The first-order chi connectivity index (χ1) is 10.1. The summed E-state index contributed by atoms with van der Waals surface area (Å²) in [6, 6.07) is 8.01. The first-order valence-electron chi connectivity index (χ1n) is 6.78. The summed E-state index contributed by atoms with van der Waals surface area (Å²) < 4.78 is 14.1. The molecule has 1 amide bonds. The smallest absolute Gasteiger partial charge is 0.274 e. The molecule has 3 nitrogen and oxygen atoms in total. The predicted octanol–water partition coefficient (Wildman–Crippen LogP) is 3.63. The molecule has 0 fully saturated rings. The molecule has 0 N–H and O–H groups in total. The minimum Gasteiger partial charge on any atom is -0.330 e. The highest BCUT2D eigenvalue weighted by Gasteiger charge is 2.31. The number of aromatic nitrogens is 1. The number of rotatable bonds is 1. The van der Waals surface area contributed by atoms with Crippen molar-refractivity contribution in [1.29, 1.82) is 0 Å². The molecule has 1 atom stereocenters. The molecule has 0 bridgehead atoms. The molecular formula is C16H14ClFN2O. The zero-order valence-electron chi connectivity index (χ0n) is 11.5. The summed E-state index contributed by atoms with van der Waals surface area (Å²) >= 11 is 6.03. The van der Waals surface area contributed by atoms with Crippen molar-refractivity contribution in [2.75, 3.05) is 6.54 Å². The highest BCUT2D eigenvalue weighted by Crippen LogP contribution is 2.32. The van der Waals surface area contributed by atoms with Gasteiger partial charge in [0.25, 0.3) is 5.91 Å². The van der Waals surface area contributed by atoms with Crippen LogP contribution >= 0.6 is 11.6 Å². The van der Waals surface area contributed by atoms with Crippen LogP contribution in [0.25, 0.3) is 0 Å². The van der Waals surface area contributed by atoms with Crippen molar-refractivity contribution >= 4 is 17.5 Å². The van der Waals surface area contributed by atoms with E-state index in [1.165, 1.54) is 12.3 Å². The fourth-order valence-corrected chi connectivity index (χ4v) is 3.02. The van der Waals surface area contributed by atoms with Gasteiger partial charge in [-0.05, 0) is 37.1 Å². The van der Waals surface area contributed by atoms with Crippen molar-refractivity contribution in [2.45, 2.75) is 19.4 Å². The SMILES string of the molecule is CC1c2c(F)cccc2CCN1C(=O)c1ncccc1Cl. The number of carbonyl (C=O) groups is 1. The van der Waals surface area contributed by atoms with Gasteiger partial charge in [0.2, 0.25) is 0 Å². The van der Waals surface area contributed by atoms with Gasteiger partial charge in [0.1, 0.15) is 11.5 Å². The lowest BCUT2D eigenvalue weighted by molar-refractivity contribution is 0.0668. The third-order valence-electron chi connectivity index (χ3n) is 3.87. The Labute approximate surface area is 127 Å². The summed E-state index contributed by atoms with van der Waals surface area (Å²) in [5.41, 5.74) is 1.76. The molecule has 0 saturated heterocycles. The number of amides is 1. The van der Waals surface area contributed by atoms with Crippen LogP contribution in [0.3, 0.4) is 0 Å². The number of nitrogens with zero attached hydrogens (tertiary/aromatic N) is 2. The van der Waals surface area contributed by atoms with Gasteiger partial charge in [0, 0.05) is 18.3 Å². The number of fused-ring (bicyclic) bond motifs is 1. The fourth-order valence-electron chi connectivity index (χ4n) is 2.81. The third-order valence-corrected chi connectivity index (χ3v) is 4.18. The maximum absolute atomic E-state index is 14.1. The summed E-state index contributed by atoms with van der Waals surface area (Å²) in [4.78, 5) is 18.3. The van der Waals surface area contributed by atoms with Crippen molar-refractivity contribution in [2.24, 2.45) is 0 Å². The van der Waals surface area contributed by atoms with Crippen LogP contribution in [0, 0.1) is 5.82 Å². The van der Waals surface area contributed by atoms with Gasteiger partial charge in [-0.15, -0.1) is 0 Å². The molecule has 0 spiro atoms. The average Bonchev–Trinajstić information content (AvgIpc) is 2.47. The maximum atomic E-state index is 14.1. The van der Waals surface area contributed by atoms with E-state index in [0.29, 0.717) is 23.6 Å². The summed E-state index contributed by atoms with van der Waals surface area (Å²) in [5.74, 6) is -0.536. The quantitative estimate of drug-likeness (QED) is 0.806. The van der Waals surface area contributed by atoms with E-state index < -0.39 is 0 Å². The van der Waals surface area contributed by atoms with Crippen molar-refractivity contribution < 1.29 is 9.18 Å². The van der Waals surface area contributed by atoms with Gasteiger partial charge in [-0.2, -0.15) is 0 Å². The normalized spacial score (nSPS) is 17.5. The minimum absolute atomic E-state index is 0.214. The molecule has 1 aliphatic heterocycles. The van der Waals surface area contributed by atoms with Crippen LogP contribution in [-0.4, -0.2) is 22.3 Å². The van der Waals surface area contributed by atoms with Gasteiger partial charge < -0.3 is 4.90 Å². The van der Waals surface area contributed by atoms with Crippen molar-refractivity contribution in [1.82, 2.24) is 9.88 Å². The molecule has 2 heterocycles. The zero-order chi connectivity index (χ0) is 15.0. The van der Waals surface area contributed by atoms with Gasteiger partial charge in [0.15, 0.2) is 0 Å². The van der Waals surface area contributed by atoms with Crippen LogP contribution in [-0.2, 0) is 6.42 Å². The topological polar surface area (TPSA) is 33.2 Å². The first-order valence-corrected chi connectivity index (χ1v) is 7.16. The molecule has 0 saturated carbocycles. The number of halogens is 2. The largest absolute Gasteiger partial charge is 0.330 e. The first kappa shape index (κ1) is 14.0. The molecule has 0 radical (unpaired) electrons. The zero-order valence-corrected chi connectivity index (χ0v) is 12.3. The number of hydrogen-bond acceptors (Lipinski definition) is 2. The van der Waals surface area contributed by atoms with Crippen LogP contribution in [0.15, 0.2) is 36.5 Å². The second-order valence-electron chi connectivity index (χ2n) is 5.07. The van der Waals surface area contributed by atoms with Crippen LogP contribution < -0.4 is 0 Å². The van der Waals surface area contributed by atoms with Crippen LogP contribution in [0.2, 0.25) is 5.02 Å². The summed E-state index contributed by atoms with van der Waals surface area (Å²) in [6.45, 7) is 2.36. The van der Waals surface area contributed by atoms with Gasteiger partial charge in [0.05, 0.1) is 11.1 Å². The molecule has 1 aromatic heterocycles. The molecule has 0 aliphatic carbocycles. The highest BCUT2D eigenvalue weighted by atomic mass is 35.5. The Kier molecular flexibility index (Phi) is 3.64. The molecule has 108 valence electrons. The van der Waals surface area contributed by atoms with Crippen LogP contribution in [0.1, 0.15) is 34.6 Å². The number of pyridine rings is 1. The van der Waals surface area contributed by atoms with E-state index in [9.17, 15) is 9.18 Å². The van der Waals surface area contributed by atoms with Gasteiger partial charge in [-0.25, -0.2) is 9.37 Å². The molecule has 3 rings (SSSR count). The van der Waals surface area contributed by atoms with E-state index in [2.05, 4.69) is 4.98 Å². The van der Waals surface area contributed by atoms with Crippen molar-refractivity contribution in [3.63, 3.8) is 0 Å². The number of benzene rings is 1. The summed E-state index contributed by atoms with van der Waals surface area (Å²) in [5, 5.41) is 0.314. The Morgan fingerprint density at radius 2 is 2.19 bits per heavy atom. The summed E-state index contributed by atoms with van der Waals surface area (Å²) in [6.07, 6.45) is 2.16. The standard InChI is InChI=1S/C16H14ClFN2O/c1-10-14-11(4-2-6-13(14)18)7-9-20(10)16(21)15-12(17)5-3-8-19-15/h2-6,8,10H,7,9H2,1H3. The maximum Gasteiger partial charge on any atom is 0.274 e. The van der Waals surface area contributed by atoms with E-state index in [-0.39, 0.29) is 23.5 Å². The average molecular weight is 305 g/mol. The van der Waals surface area contributed by atoms with Gasteiger partial charge >= 0.3 is 0 Å². The molecule has 5 heteroatoms. The Balaban J connectivity index is 1.97. The third kappa shape index (κ3) is 2.40. The van der Waals surface area contributed by atoms with Crippen molar-refractivity contribution in [3.8, 4) is 0 Å². The fraction of sp³-hybridized carbons (Fsp3) is 0.250. The number of carbonyl (C=O) groups excluding carboxylic acids is 1. The van der Waals surface area contributed by atoms with E-state index in [1.807, 2.05) is 13.0 Å². The molecule has 21 heavy (non-hydrogen) atoms. The Hall–Kier alpha value is -1.94. The van der Waals surface area contributed by atoms with Gasteiger partial charge in [-0.1, -0.05) is 23.7 Å². The molecule has 2 aromatic rings. The van der Waals surface area contributed by atoms with Crippen molar-refractivity contribution in [3.05, 3.63) is 64.2 Å². The van der Waals surface area contributed by atoms with Crippen LogP contribution in [0.5, 0.6) is 0 Å². The predicted molar refractivity (Wildman–Crippen MR) is 78.8 cm³/mol. The van der Waals surface area contributed by atoms with E-state index in [4.69, 9.17) is 11.6 Å². The second-order valence-corrected chi connectivity index (χ2v) is 5.48. The Bertz CT molecular complexity index is 704. The van der Waals surface area contributed by atoms with Crippen LogP contribution in [0.4, 0.5) is 4.39 Å². The second kappa shape index (κ2) is 5.45. The lowest BCUT2D eigenvalue weighted by Crippen LogP contribution is -2.39. The minimum atomic E-state index is -0.333. The molecule has 1 aromatic carbocycles. The Morgan fingerprint density at radius 3 is 2.95 bits per heavy atom.